The standard InChI is InChI=1S/C14H18BrNO5S/c1-21-12-6-5-10(15)8-13(12)22(19,20)16-7-3-2-4-11(16)9-14(17)18/h5-6,8,11H,2-4,7,9H2,1H3,(H,17,18). The number of aliphatic carboxylic acids is 1. The highest BCUT2D eigenvalue weighted by atomic mass is 79.9. The predicted molar refractivity (Wildman–Crippen MR) is 84.5 cm³/mol. The Balaban J connectivity index is 2.43. The number of rotatable bonds is 5. The maximum absolute atomic E-state index is 12.9. The van der Waals surface area contributed by atoms with Crippen molar-refractivity contribution in [2.24, 2.45) is 0 Å². The Morgan fingerprint density at radius 1 is 1.45 bits per heavy atom. The molecule has 1 fully saturated rings. The Kier molecular flexibility index (Phi) is 5.46. The molecule has 0 radical (unpaired) electrons. The van der Waals surface area contributed by atoms with Gasteiger partial charge in [0.15, 0.2) is 0 Å². The first-order valence-corrected chi connectivity index (χ1v) is 9.16. The number of hydrogen-bond acceptors (Lipinski definition) is 4. The topological polar surface area (TPSA) is 83.9 Å². The number of methoxy groups -OCH3 is 1. The highest BCUT2D eigenvalue weighted by Crippen LogP contribution is 2.33. The third kappa shape index (κ3) is 3.61. The van der Waals surface area contributed by atoms with E-state index in [9.17, 15) is 13.2 Å². The Hall–Kier alpha value is -1.12. The van der Waals surface area contributed by atoms with Gasteiger partial charge in [-0.15, -0.1) is 0 Å². The van der Waals surface area contributed by atoms with Gasteiger partial charge in [0.1, 0.15) is 10.6 Å². The van der Waals surface area contributed by atoms with E-state index in [-0.39, 0.29) is 17.1 Å². The van der Waals surface area contributed by atoms with Crippen molar-refractivity contribution in [3.05, 3.63) is 22.7 Å². The number of benzene rings is 1. The molecule has 8 heteroatoms. The van der Waals surface area contributed by atoms with Crippen LogP contribution in [0.5, 0.6) is 5.75 Å². The van der Waals surface area contributed by atoms with Crippen LogP contribution in [0.4, 0.5) is 0 Å². The van der Waals surface area contributed by atoms with Gasteiger partial charge in [-0.1, -0.05) is 22.4 Å². The van der Waals surface area contributed by atoms with Gasteiger partial charge in [-0.2, -0.15) is 4.31 Å². The van der Waals surface area contributed by atoms with Gasteiger partial charge in [-0.05, 0) is 31.0 Å². The fourth-order valence-corrected chi connectivity index (χ4v) is 5.06. The van der Waals surface area contributed by atoms with Gasteiger partial charge in [0.05, 0.1) is 13.5 Å². The van der Waals surface area contributed by atoms with Crippen LogP contribution in [0, 0.1) is 0 Å². The van der Waals surface area contributed by atoms with E-state index in [2.05, 4.69) is 15.9 Å². The zero-order valence-electron chi connectivity index (χ0n) is 12.2. The predicted octanol–water partition coefficient (Wildman–Crippen LogP) is 2.48. The lowest BCUT2D eigenvalue weighted by Crippen LogP contribution is -2.44. The van der Waals surface area contributed by atoms with Crippen LogP contribution in [-0.2, 0) is 14.8 Å². The summed E-state index contributed by atoms with van der Waals surface area (Å²) in [7, 11) is -2.40. The molecule has 1 N–H and O–H groups in total. The maximum atomic E-state index is 12.9. The van der Waals surface area contributed by atoms with Gasteiger partial charge in [-0.3, -0.25) is 4.79 Å². The molecule has 6 nitrogen and oxygen atoms in total. The largest absolute Gasteiger partial charge is 0.495 e. The van der Waals surface area contributed by atoms with Gasteiger partial charge in [0.25, 0.3) is 0 Å². The molecule has 1 saturated heterocycles. The Morgan fingerprint density at radius 3 is 2.82 bits per heavy atom. The van der Waals surface area contributed by atoms with Crippen molar-refractivity contribution in [2.75, 3.05) is 13.7 Å². The van der Waals surface area contributed by atoms with Crippen molar-refractivity contribution >= 4 is 31.9 Å². The highest BCUT2D eigenvalue weighted by molar-refractivity contribution is 9.10. The quantitative estimate of drug-likeness (QED) is 0.833. The molecule has 1 aromatic rings. The zero-order chi connectivity index (χ0) is 16.3. The van der Waals surface area contributed by atoms with E-state index in [0.717, 1.165) is 12.8 Å². The van der Waals surface area contributed by atoms with Crippen LogP contribution in [0.25, 0.3) is 0 Å². The van der Waals surface area contributed by atoms with E-state index >= 15 is 0 Å². The number of piperidine rings is 1. The first kappa shape index (κ1) is 17.2. The SMILES string of the molecule is COc1ccc(Br)cc1S(=O)(=O)N1CCCCC1CC(=O)O. The van der Waals surface area contributed by atoms with Crippen LogP contribution in [-0.4, -0.2) is 43.5 Å². The van der Waals surface area contributed by atoms with E-state index in [0.29, 0.717) is 17.4 Å². The van der Waals surface area contributed by atoms with Gasteiger partial charge in [0.2, 0.25) is 10.0 Å². The summed E-state index contributed by atoms with van der Waals surface area (Å²) in [6.45, 7) is 0.329. The number of carboxylic acid groups (broad SMARTS) is 1. The van der Waals surface area contributed by atoms with Gasteiger partial charge >= 0.3 is 5.97 Å². The van der Waals surface area contributed by atoms with Crippen LogP contribution in [0.2, 0.25) is 0 Å². The summed E-state index contributed by atoms with van der Waals surface area (Å²) < 4.78 is 33.0. The first-order valence-electron chi connectivity index (χ1n) is 6.93. The Bertz CT molecular complexity index is 661. The second-order valence-electron chi connectivity index (χ2n) is 5.16. The van der Waals surface area contributed by atoms with E-state index in [1.165, 1.54) is 17.5 Å². The Labute approximate surface area is 138 Å². The normalized spacial score (nSPS) is 19.8. The Morgan fingerprint density at radius 2 is 2.18 bits per heavy atom. The second kappa shape index (κ2) is 6.97. The summed E-state index contributed by atoms with van der Waals surface area (Å²) in [5.74, 6) is -0.740. The number of carboxylic acids is 1. The fourth-order valence-electron chi connectivity index (χ4n) is 2.67. The molecule has 0 aliphatic carbocycles. The summed E-state index contributed by atoms with van der Waals surface area (Å²) in [4.78, 5) is 11.1. The molecule has 1 aliphatic rings. The summed E-state index contributed by atoms with van der Waals surface area (Å²) in [5.41, 5.74) is 0. The van der Waals surface area contributed by atoms with E-state index in [1.807, 2.05) is 0 Å². The van der Waals surface area contributed by atoms with Gasteiger partial charge in [0, 0.05) is 17.1 Å². The summed E-state index contributed by atoms with van der Waals surface area (Å²) in [6, 6.07) is 4.25. The third-order valence-corrected chi connectivity index (χ3v) is 6.16. The van der Waals surface area contributed by atoms with Crippen LogP contribution < -0.4 is 4.74 Å². The van der Waals surface area contributed by atoms with Gasteiger partial charge < -0.3 is 9.84 Å². The molecular formula is C14H18BrNO5S. The molecular weight excluding hydrogens is 374 g/mol. The van der Waals surface area contributed by atoms with E-state index in [1.54, 1.807) is 12.1 Å². The lowest BCUT2D eigenvalue weighted by molar-refractivity contribution is -0.138. The molecule has 0 saturated carbocycles. The first-order chi connectivity index (χ1) is 10.4. The maximum Gasteiger partial charge on any atom is 0.304 e. The average Bonchev–Trinajstić information content (AvgIpc) is 2.47. The number of sulfonamides is 1. The molecule has 1 aliphatic heterocycles. The lowest BCUT2D eigenvalue weighted by atomic mass is 10.0. The molecule has 1 heterocycles. The van der Waals surface area contributed by atoms with E-state index in [4.69, 9.17) is 9.84 Å². The van der Waals surface area contributed by atoms with Crippen molar-refractivity contribution in [1.29, 1.82) is 0 Å². The molecule has 0 aromatic heterocycles. The number of carbonyl (C=O) groups is 1. The number of halogens is 1. The second-order valence-corrected chi connectivity index (χ2v) is 7.93. The highest BCUT2D eigenvalue weighted by Gasteiger charge is 2.36. The summed E-state index contributed by atoms with van der Waals surface area (Å²) in [6.07, 6.45) is 1.93. The zero-order valence-corrected chi connectivity index (χ0v) is 14.6. The van der Waals surface area contributed by atoms with Crippen LogP contribution in [0.1, 0.15) is 25.7 Å². The minimum Gasteiger partial charge on any atom is -0.495 e. The van der Waals surface area contributed by atoms with Crippen LogP contribution >= 0.6 is 15.9 Å². The molecule has 0 bridgehead atoms. The number of ether oxygens (including phenoxy) is 1. The summed E-state index contributed by atoms with van der Waals surface area (Å²) in [5, 5.41) is 9.01. The molecule has 122 valence electrons. The van der Waals surface area contributed by atoms with Crippen molar-refractivity contribution in [3.63, 3.8) is 0 Å². The molecule has 0 spiro atoms. The smallest absolute Gasteiger partial charge is 0.304 e. The van der Waals surface area contributed by atoms with E-state index < -0.39 is 22.0 Å². The van der Waals surface area contributed by atoms with Crippen molar-refractivity contribution in [2.45, 2.75) is 36.6 Å². The van der Waals surface area contributed by atoms with Crippen molar-refractivity contribution in [1.82, 2.24) is 4.31 Å². The van der Waals surface area contributed by atoms with Gasteiger partial charge in [-0.25, -0.2) is 8.42 Å². The fraction of sp³-hybridized carbons (Fsp3) is 0.500. The average molecular weight is 392 g/mol. The summed E-state index contributed by atoms with van der Waals surface area (Å²) >= 11 is 3.26. The lowest BCUT2D eigenvalue weighted by Gasteiger charge is -2.34. The third-order valence-electron chi connectivity index (χ3n) is 3.70. The number of nitrogens with zero attached hydrogens (tertiary/aromatic N) is 1. The molecule has 1 aromatic carbocycles. The molecule has 0 amide bonds. The van der Waals surface area contributed by atoms with Crippen molar-refractivity contribution in [3.8, 4) is 5.75 Å². The van der Waals surface area contributed by atoms with Crippen molar-refractivity contribution < 1.29 is 23.1 Å². The monoisotopic (exact) mass is 391 g/mol. The van der Waals surface area contributed by atoms with Crippen LogP contribution in [0.3, 0.4) is 0 Å². The molecule has 2 rings (SSSR count). The minimum atomic E-state index is -3.81. The molecule has 22 heavy (non-hydrogen) atoms. The number of hydrogen-bond donors (Lipinski definition) is 1. The molecule has 1 unspecified atom stereocenters. The minimum absolute atomic E-state index is 0.0571. The van der Waals surface area contributed by atoms with Crippen LogP contribution in [0.15, 0.2) is 27.6 Å². The molecule has 1 atom stereocenters.